The van der Waals surface area contributed by atoms with Gasteiger partial charge in [-0.05, 0) is 42.7 Å². The quantitative estimate of drug-likeness (QED) is 0.301. The first kappa shape index (κ1) is 21.9. The van der Waals surface area contributed by atoms with Crippen LogP contribution in [0.3, 0.4) is 0 Å². The molecule has 0 spiro atoms. The van der Waals surface area contributed by atoms with Crippen LogP contribution in [0.2, 0.25) is 0 Å². The molecule has 2 heterocycles. The summed E-state index contributed by atoms with van der Waals surface area (Å²) in [7, 11) is -3.67. The topological polar surface area (TPSA) is 112 Å². The predicted octanol–water partition coefficient (Wildman–Crippen LogP) is 2.70. The summed E-state index contributed by atoms with van der Waals surface area (Å²) in [6.45, 7) is 1.34. The maximum absolute atomic E-state index is 13.1. The van der Waals surface area contributed by atoms with Crippen LogP contribution in [0, 0.1) is 0 Å². The lowest BCUT2D eigenvalue weighted by Gasteiger charge is -2.34. The molecule has 0 saturated carbocycles. The van der Waals surface area contributed by atoms with Gasteiger partial charge >= 0.3 is 0 Å². The number of nitrogens with one attached hydrogen (secondary N) is 2. The van der Waals surface area contributed by atoms with E-state index < -0.39 is 15.9 Å². The molecule has 0 bridgehead atoms. The average molecular weight is 453 g/mol. The van der Waals surface area contributed by atoms with E-state index in [1.165, 1.54) is 6.08 Å². The molecule has 1 aromatic heterocycles. The van der Waals surface area contributed by atoms with Gasteiger partial charge in [-0.15, -0.1) is 0 Å². The monoisotopic (exact) mass is 452 g/mol. The molecule has 1 aliphatic rings. The number of pyridine rings is 1. The largest absolute Gasteiger partial charge is 0.371 e. The van der Waals surface area contributed by atoms with Crippen LogP contribution >= 0.6 is 0 Å². The van der Waals surface area contributed by atoms with Crippen molar-refractivity contribution in [2.45, 2.75) is 23.8 Å². The number of rotatable bonds is 6. The minimum absolute atomic E-state index is 0.170. The number of amides is 1. The first-order valence-corrected chi connectivity index (χ1v) is 11.8. The molecule has 9 heteroatoms. The maximum Gasteiger partial charge on any atom is 0.267 e. The third kappa shape index (κ3) is 4.80. The third-order valence-electron chi connectivity index (χ3n) is 5.55. The first-order valence-electron chi connectivity index (χ1n) is 10.3. The minimum Gasteiger partial charge on any atom is -0.371 e. The van der Waals surface area contributed by atoms with Crippen molar-refractivity contribution in [1.29, 1.82) is 0 Å². The number of benzene rings is 2. The molecular weight excluding hydrogens is 428 g/mol. The standard InChI is InChI=1S/C23H24N4O4S/c28-23(25-29)9-8-17-4-1-2-6-21(17)27-14-11-19(12-15-27)26-32(30,31)22-7-3-5-18-16-24-13-10-20(18)22/h1-10,13,16,19,26,29H,11-12,14-15H2,(H,25,28). The predicted molar refractivity (Wildman–Crippen MR) is 123 cm³/mol. The molecule has 3 N–H and O–H groups in total. The molecule has 3 aromatic rings. The zero-order valence-corrected chi connectivity index (χ0v) is 18.1. The van der Waals surface area contributed by atoms with Crippen molar-refractivity contribution in [2.75, 3.05) is 18.0 Å². The molecule has 32 heavy (non-hydrogen) atoms. The van der Waals surface area contributed by atoms with Gasteiger partial charge in [-0.2, -0.15) is 0 Å². The lowest BCUT2D eigenvalue weighted by atomic mass is 10.0. The van der Waals surface area contributed by atoms with E-state index in [1.807, 2.05) is 30.3 Å². The normalized spacial score (nSPS) is 15.3. The molecule has 1 fully saturated rings. The molecule has 0 unspecified atom stereocenters. The van der Waals surface area contributed by atoms with E-state index in [4.69, 9.17) is 5.21 Å². The summed E-state index contributed by atoms with van der Waals surface area (Å²) in [5.41, 5.74) is 3.38. The van der Waals surface area contributed by atoms with E-state index in [9.17, 15) is 13.2 Å². The fourth-order valence-corrected chi connectivity index (χ4v) is 5.50. The van der Waals surface area contributed by atoms with Crippen LogP contribution in [0.4, 0.5) is 5.69 Å². The highest BCUT2D eigenvalue weighted by molar-refractivity contribution is 7.89. The second-order valence-electron chi connectivity index (χ2n) is 7.60. The van der Waals surface area contributed by atoms with E-state index in [2.05, 4.69) is 14.6 Å². The number of sulfonamides is 1. The SMILES string of the molecule is O=C(C=Cc1ccccc1N1CCC(NS(=O)(=O)c2cccc3cnccc23)CC1)NO. The Bertz CT molecular complexity index is 1250. The molecule has 2 aromatic carbocycles. The van der Waals surface area contributed by atoms with E-state index in [-0.39, 0.29) is 10.9 Å². The zero-order chi connectivity index (χ0) is 22.6. The maximum atomic E-state index is 13.1. The number of hydroxylamine groups is 1. The Morgan fingerprint density at radius 2 is 1.88 bits per heavy atom. The smallest absolute Gasteiger partial charge is 0.267 e. The number of aromatic nitrogens is 1. The molecule has 1 saturated heterocycles. The van der Waals surface area contributed by atoms with Crippen LogP contribution in [-0.2, 0) is 14.8 Å². The fraction of sp³-hybridized carbons (Fsp3) is 0.217. The van der Waals surface area contributed by atoms with E-state index in [0.29, 0.717) is 31.3 Å². The molecule has 0 atom stereocenters. The lowest BCUT2D eigenvalue weighted by molar-refractivity contribution is -0.124. The Labute approximate surface area is 186 Å². The third-order valence-corrected chi connectivity index (χ3v) is 7.13. The van der Waals surface area contributed by atoms with Gasteiger partial charge in [0.1, 0.15) is 0 Å². The van der Waals surface area contributed by atoms with Gasteiger partial charge in [-0.25, -0.2) is 18.6 Å². The van der Waals surface area contributed by atoms with Crippen molar-refractivity contribution in [3.63, 3.8) is 0 Å². The molecular formula is C23H24N4O4S. The number of carbonyl (C=O) groups is 1. The van der Waals surface area contributed by atoms with Gasteiger partial charge in [0, 0.05) is 54.1 Å². The molecule has 166 valence electrons. The zero-order valence-electron chi connectivity index (χ0n) is 17.3. The van der Waals surface area contributed by atoms with Gasteiger partial charge in [0.25, 0.3) is 5.91 Å². The Morgan fingerprint density at radius 3 is 2.66 bits per heavy atom. The van der Waals surface area contributed by atoms with Gasteiger partial charge < -0.3 is 4.90 Å². The van der Waals surface area contributed by atoms with Gasteiger partial charge in [0.2, 0.25) is 10.0 Å². The van der Waals surface area contributed by atoms with Gasteiger partial charge in [0.15, 0.2) is 0 Å². The number of fused-ring (bicyclic) bond motifs is 1. The Kier molecular flexibility index (Phi) is 6.50. The Balaban J connectivity index is 1.46. The van der Waals surface area contributed by atoms with Crippen molar-refractivity contribution in [3.05, 3.63) is 72.6 Å². The molecule has 1 aliphatic heterocycles. The summed E-state index contributed by atoms with van der Waals surface area (Å²) in [4.78, 5) is 17.8. The fourth-order valence-electron chi connectivity index (χ4n) is 3.97. The molecule has 8 nitrogen and oxygen atoms in total. The number of hydrogen-bond acceptors (Lipinski definition) is 6. The van der Waals surface area contributed by atoms with E-state index in [1.54, 1.807) is 42.1 Å². The molecule has 0 radical (unpaired) electrons. The number of piperidine rings is 1. The van der Waals surface area contributed by atoms with Crippen molar-refractivity contribution in [1.82, 2.24) is 15.2 Å². The Hall–Kier alpha value is -3.27. The summed E-state index contributed by atoms with van der Waals surface area (Å²) < 4.78 is 29.0. The first-order chi connectivity index (χ1) is 15.5. The molecule has 4 rings (SSSR count). The number of nitrogens with zero attached hydrogens (tertiary/aromatic N) is 2. The van der Waals surface area contributed by atoms with Crippen molar-refractivity contribution in [3.8, 4) is 0 Å². The van der Waals surface area contributed by atoms with Crippen LogP contribution in [0.1, 0.15) is 18.4 Å². The van der Waals surface area contributed by atoms with Gasteiger partial charge in [-0.1, -0.05) is 30.3 Å². The van der Waals surface area contributed by atoms with Crippen molar-refractivity contribution >= 4 is 38.5 Å². The molecule has 1 amide bonds. The average Bonchev–Trinajstić information content (AvgIpc) is 2.82. The highest BCUT2D eigenvalue weighted by atomic mass is 32.2. The highest BCUT2D eigenvalue weighted by Gasteiger charge is 2.26. The summed E-state index contributed by atoms with van der Waals surface area (Å²) in [5.74, 6) is -0.600. The minimum atomic E-state index is -3.67. The van der Waals surface area contributed by atoms with Gasteiger partial charge in [-0.3, -0.25) is 15.0 Å². The van der Waals surface area contributed by atoms with Crippen LogP contribution < -0.4 is 15.1 Å². The second-order valence-corrected chi connectivity index (χ2v) is 9.29. The van der Waals surface area contributed by atoms with Crippen LogP contribution in [-0.4, -0.2) is 43.6 Å². The summed E-state index contributed by atoms with van der Waals surface area (Å²) in [6, 6.07) is 14.4. The number of para-hydroxylation sites is 1. The van der Waals surface area contributed by atoms with Crippen LogP contribution in [0.25, 0.3) is 16.8 Å². The van der Waals surface area contributed by atoms with E-state index in [0.717, 1.165) is 16.6 Å². The number of hydrogen-bond donors (Lipinski definition) is 3. The highest BCUT2D eigenvalue weighted by Crippen LogP contribution is 2.27. The summed E-state index contributed by atoms with van der Waals surface area (Å²) >= 11 is 0. The van der Waals surface area contributed by atoms with Crippen molar-refractivity contribution in [2.24, 2.45) is 0 Å². The van der Waals surface area contributed by atoms with Crippen molar-refractivity contribution < 1.29 is 18.4 Å². The lowest BCUT2D eigenvalue weighted by Crippen LogP contribution is -2.44. The van der Waals surface area contributed by atoms with E-state index >= 15 is 0 Å². The van der Waals surface area contributed by atoms with Gasteiger partial charge in [0.05, 0.1) is 4.90 Å². The Morgan fingerprint density at radius 1 is 1.09 bits per heavy atom. The second kappa shape index (κ2) is 9.47. The van der Waals surface area contributed by atoms with Crippen LogP contribution in [0.15, 0.2) is 71.9 Å². The summed E-state index contributed by atoms with van der Waals surface area (Å²) in [6.07, 6.45) is 7.46. The number of carbonyl (C=O) groups excluding carboxylic acids is 1. The summed E-state index contributed by atoms with van der Waals surface area (Å²) in [5, 5.41) is 10.1. The van der Waals surface area contributed by atoms with Crippen LogP contribution in [0.5, 0.6) is 0 Å². The number of anilines is 1. The molecule has 0 aliphatic carbocycles.